The molecule has 1 aromatic heterocycles. The highest BCUT2D eigenvalue weighted by molar-refractivity contribution is 6.21. The second-order valence-corrected chi connectivity index (χ2v) is 7.03. The number of nitrogens with zero attached hydrogens (tertiary/aromatic N) is 3. The lowest BCUT2D eigenvalue weighted by Crippen LogP contribution is -2.36. The van der Waals surface area contributed by atoms with Crippen molar-refractivity contribution in [3.63, 3.8) is 0 Å². The van der Waals surface area contributed by atoms with E-state index in [1.807, 2.05) is 0 Å². The van der Waals surface area contributed by atoms with Gasteiger partial charge in [0.25, 0.3) is 17.4 Å². The van der Waals surface area contributed by atoms with E-state index >= 15 is 0 Å². The number of hydrogen-bond donors (Lipinski definition) is 1. The number of aromatic nitrogens is 2. The summed E-state index contributed by atoms with van der Waals surface area (Å²) in [6.45, 7) is 0.608. The molecule has 1 aliphatic carbocycles. The Kier molecular flexibility index (Phi) is 4.77. The van der Waals surface area contributed by atoms with Crippen molar-refractivity contribution >= 4 is 17.7 Å². The molecule has 0 unspecified atom stereocenters. The number of imide groups is 1. The summed E-state index contributed by atoms with van der Waals surface area (Å²) in [5.74, 6) is -0.611. The molecule has 0 spiro atoms. The Labute approximate surface area is 161 Å². The molecular formula is C20H20N4O4. The molecule has 1 fully saturated rings. The third-order valence-electron chi connectivity index (χ3n) is 5.01. The van der Waals surface area contributed by atoms with Crippen molar-refractivity contribution in [3.8, 4) is 0 Å². The lowest BCUT2D eigenvalue weighted by Gasteiger charge is -2.13. The van der Waals surface area contributed by atoms with Crippen molar-refractivity contribution in [2.75, 3.05) is 13.1 Å². The average Bonchev–Trinajstić information content (AvgIpc) is 3.51. The first-order valence-corrected chi connectivity index (χ1v) is 9.33. The lowest BCUT2D eigenvalue weighted by atomic mass is 10.1. The second kappa shape index (κ2) is 7.38. The van der Waals surface area contributed by atoms with E-state index in [2.05, 4.69) is 10.3 Å². The number of hydrogen-bond acceptors (Lipinski definition) is 5. The molecule has 8 heteroatoms. The molecule has 2 heterocycles. The number of fused-ring (bicyclic) bond motifs is 1. The number of rotatable bonds is 7. The molecule has 4 rings (SSSR count). The van der Waals surface area contributed by atoms with Crippen LogP contribution in [0.15, 0.2) is 41.5 Å². The summed E-state index contributed by atoms with van der Waals surface area (Å²) < 4.78 is 1.45. The predicted molar refractivity (Wildman–Crippen MR) is 99.9 cm³/mol. The molecule has 8 nitrogen and oxygen atoms in total. The van der Waals surface area contributed by atoms with Crippen LogP contribution >= 0.6 is 0 Å². The standard InChI is InChI=1S/C20H20N4O4/c25-17(7-9-24-19(27)14-3-1-2-4-15(14)20(24)28)21-8-10-23-12-22-16(11-18(23)26)13-5-6-13/h1-4,11-13H,5-10H2,(H,21,25). The zero-order valence-corrected chi connectivity index (χ0v) is 15.3. The predicted octanol–water partition coefficient (Wildman–Crippen LogP) is 0.923. The van der Waals surface area contributed by atoms with Gasteiger partial charge >= 0.3 is 0 Å². The average molecular weight is 380 g/mol. The Hall–Kier alpha value is -3.29. The van der Waals surface area contributed by atoms with Crippen LogP contribution in [0.1, 0.15) is 51.6 Å². The minimum atomic E-state index is -0.373. The summed E-state index contributed by atoms with van der Waals surface area (Å²) in [5, 5.41) is 2.71. The maximum absolute atomic E-state index is 12.3. The van der Waals surface area contributed by atoms with E-state index in [1.54, 1.807) is 30.3 Å². The van der Waals surface area contributed by atoms with Gasteiger partial charge in [0, 0.05) is 38.0 Å². The van der Waals surface area contributed by atoms with Gasteiger partial charge in [0.2, 0.25) is 5.91 Å². The van der Waals surface area contributed by atoms with Crippen molar-refractivity contribution in [3.05, 3.63) is 63.8 Å². The molecule has 0 saturated heterocycles. The summed E-state index contributed by atoms with van der Waals surface area (Å²) in [6, 6.07) is 8.18. The molecule has 2 aromatic rings. The van der Waals surface area contributed by atoms with Crippen molar-refractivity contribution < 1.29 is 14.4 Å². The van der Waals surface area contributed by atoms with Crippen LogP contribution < -0.4 is 10.9 Å². The SMILES string of the molecule is O=C(CCN1C(=O)c2ccccc2C1=O)NCCn1cnc(C2CC2)cc1=O. The molecule has 144 valence electrons. The molecule has 0 radical (unpaired) electrons. The van der Waals surface area contributed by atoms with Gasteiger partial charge in [0.1, 0.15) is 0 Å². The first-order chi connectivity index (χ1) is 13.5. The number of amides is 3. The fourth-order valence-corrected chi connectivity index (χ4v) is 3.27. The normalized spacial score (nSPS) is 15.6. The zero-order chi connectivity index (χ0) is 19.7. The van der Waals surface area contributed by atoms with Crippen LogP contribution in [0.2, 0.25) is 0 Å². The van der Waals surface area contributed by atoms with E-state index in [0.29, 0.717) is 23.6 Å². The Balaban J connectivity index is 1.25. The molecule has 1 aliphatic heterocycles. The van der Waals surface area contributed by atoms with Crippen LogP contribution in [-0.4, -0.2) is 45.3 Å². The lowest BCUT2D eigenvalue weighted by molar-refractivity contribution is -0.121. The molecule has 2 aliphatic rings. The Morgan fingerprint density at radius 2 is 1.75 bits per heavy atom. The highest BCUT2D eigenvalue weighted by atomic mass is 16.2. The van der Waals surface area contributed by atoms with E-state index < -0.39 is 0 Å². The zero-order valence-electron chi connectivity index (χ0n) is 15.3. The molecule has 1 saturated carbocycles. The molecule has 28 heavy (non-hydrogen) atoms. The van der Waals surface area contributed by atoms with Gasteiger partial charge < -0.3 is 5.32 Å². The van der Waals surface area contributed by atoms with E-state index in [4.69, 9.17) is 0 Å². The number of carbonyl (C=O) groups excluding carboxylic acids is 3. The Bertz CT molecular complexity index is 974. The molecular weight excluding hydrogens is 360 g/mol. The number of carbonyl (C=O) groups is 3. The first-order valence-electron chi connectivity index (χ1n) is 9.33. The fraction of sp³-hybridized carbons (Fsp3) is 0.350. The Morgan fingerprint density at radius 1 is 1.07 bits per heavy atom. The van der Waals surface area contributed by atoms with Gasteiger partial charge in [-0.1, -0.05) is 12.1 Å². The highest BCUT2D eigenvalue weighted by Crippen LogP contribution is 2.38. The first kappa shape index (κ1) is 18.1. The summed E-state index contributed by atoms with van der Waals surface area (Å²) in [6.07, 6.45) is 3.69. The van der Waals surface area contributed by atoms with E-state index in [0.717, 1.165) is 23.4 Å². The van der Waals surface area contributed by atoms with Gasteiger partial charge in [-0.25, -0.2) is 4.98 Å². The van der Waals surface area contributed by atoms with E-state index in [1.165, 1.54) is 10.9 Å². The van der Waals surface area contributed by atoms with Crippen molar-refractivity contribution in [2.45, 2.75) is 31.7 Å². The van der Waals surface area contributed by atoms with Gasteiger partial charge in [-0.05, 0) is 25.0 Å². The monoisotopic (exact) mass is 380 g/mol. The smallest absolute Gasteiger partial charge is 0.261 e. The Morgan fingerprint density at radius 3 is 2.36 bits per heavy atom. The minimum absolute atomic E-state index is 0.0131. The van der Waals surface area contributed by atoms with Gasteiger partial charge in [-0.3, -0.25) is 28.6 Å². The third kappa shape index (κ3) is 3.58. The highest BCUT2D eigenvalue weighted by Gasteiger charge is 2.34. The van der Waals surface area contributed by atoms with Crippen molar-refractivity contribution in [1.29, 1.82) is 0 Å². The van der Waals surface area contributed by atoms with Crippen molar-refractivity contribution in [1.82, 2.24) is 19.8 Å². The largest absolute Gasteiger partial charge is 0.354 e. The summed E-state index contributed by atoms with van der Waals surface area (Å²) in [5.41, 5.74) is 1.45. The summed E-state index contributed by atoms with van der Waals surface area (Å²) in [7, 11) is 0. The topological polar surface area (TPSA) is 101 Å². The summed E-state index contributed by atoms with van der Waals surface area (Å²) in [4.78, 5) is 54.0. The second-order valence-electron chi connectivity index (χ2n) is 7.03. The maximum atomic E-state index is 12.3. The molecule has 3 amide bonds. The van der Waals surface area contributed by atoms with Gasteiger partial charge in [0.15, 0.2) is 0 Å². The van der Waals surface area contributed by atoms with Gasteiger partial charge in [-0.15, -0.1) is 0 Å². The van der Waals surface area contributed by atoms with Crippen LogP contribution in [0.3, 0.4) is 0 Å². The van der Waals surface area contributed by atoms with Crippen LogP contribution in [0.25, 0.3) is 0 Å². The molecule has 1 N–H and O–H groups in total. The van der Waals surface area contributed by atoms with E-state index in [-0.39, 0.29) is 42.8 Å². The van der Waals surface area contributed by atoms with Crippen LogP contribution in [0.4, 0.5) is 0 Å². The molecule has 1 aromatic carbocycles. The van der Waals surface area contributed by atoms with Gasteiger partial charge in [0.05, 0.1) is 23.1 Å². The third-order valence-corrected chi connectivity index (χ3v) is 5.01. The van der Waals surface area contributed by atoms with Crippen molar-refractivity contribution in [2.24, 2.45) is 0 Å². The fourth-order valence-electron chi connectivity index (χ4n) is 3.27. The van der Waals surface area contributed by atoms with Crippen LogP contribution in [-0.2, 0) is 11.3 Å². The quantitative estimate of drug-likeness (QED) is 0.720. The number of nitrogens with one attached hydrogen (secondary N) is 1. The van der Waals surface area contributed by atoms with Gasteiger partial charge in [-0.2, -0.15) is 0 Å². The molecule has 0 bridgehead atoms. The minimum Gasteiger partial charge on any atom is -0.354 e. The summed E-state index contributed by atoms with van der Waals surface area (Å²) >= 11 is 0. The van der Waals surface area contributed by atoms with Crippen LogP contribution in [0.5, 0.6) is 0 Å². The maximum Gasteiger partial charge on any atom is 0.261 e. The number of benzene rings is 1. The molecule has 0 atom stereocenters. The van der Waals surface area contributed by atoms with Crippen LogP contribution in [0, 0.1) is 0 Å². The van der Waals surface area contributed by atoms with E-state index in [9.17, 15) is 19.2 Å².